The van der Waals surface area contributed by atoms with E-state index in [2.05, 4.69) is 0 Å². The zero-order valence-corrected chi connectivity index (χ0v) is 20.2. The van der Waals surface area contributed by atoms with Gasteiger partial charge in [-0.05, 0) is 25.5 Å². The van der Waals surface area contributed by atoms with E-state index in [0.29, 0.717) is 71.5 Å². The molecule has 1 fully saturated rings. The van der Waals surface area contributed by atoms with E-state index in [0.717, 1.165) is 16.5 Å². The zero-order chi connectivity index (χ0) is 24.5. The van der Waals surface area contributed by atoms with Gasteiger partial charge in [-0.15, -0.1) is 0 Å². The third-order valence-electron chi connectivity index (χ3n) is 6.30. The molecule has 0 bridgehead atoms. The Morgan fingerprint density at radius 3 is 2.66 bits per heavy atom. The van der Waals surface area contributed by atoms with E-state index in [-0.39, 0.29) is 24.3 Å². The first-order chi connectivity index (χ1) is 17.2. The van der Waals surface area contributed by atoms with Crippen LogP contribution in [0, 0.1) is 5.92 Å². The maximum Gasteiger partial charge on any atom is 0.288 e. The second kappa shape index (κ2) is 13.0. The summed E-state index contributed by atoms with van der Waals surface area (Å²) in [7, 11) is 0. The van der Waals surface area contributed by atoms with Gasteiger partial charge >= 0.3 is 0 Å². The van der Waals surface area contributed by atoms with E-state index in [1.807, 2.05) is 37.3 Å². The van der Waals surface area contributed by atoms with Gasteiger partial charge in [0.05, 0.1) is 45.9 Å². The Bertz CT molecular complexity index is 967. The van der Waals surface area contributed by atoms with Crippen LogP contribution in [0.3, 0.4) is 0 Å². The number of aliphatic hydroxyl groups is 1. The summed E-state index contributed by atoms with van der Waals surface area (Å²) in [4.78, 5) is 15.1. The summed E-state index contributed by atoms with van der Waals surface area (Å²) < 4.78 is 34.5. The van der Waals surface area contributed by atoms with Crippen molar-refractivity contribution in [3.63, 3.8) is 0 Å². The lowest BCUT2D eigenvalue weighted by atomic mass is 9.81. The fourth-order valence-electron chi connectivity index (χ4n) is 4.57. The molecule has 0 spiro atoms. The van der Waals surface area contributed by atoms with Crippen molar-refractivity contribution in [2.24, 2.45) is 5.92 Å². The number of benzene rings is 1. The van der Waals surface area contributed by atoms with Crippen LogP contribution in [0.25, 0.3) is 11.0 Å². The van der Waals surface area contributed by atoms with Gasteiger partial charge in [0, 0.05) is 49.1 Å². The normalized spacial score (nSPS) is 22.7. The number of morpholine rings is 1. The van der Waals surface area contributed by atoms with Crippen molar-refractivity contribution in [2.45, 2.75) is 25.6 Å². The van der Waals surface area contributed by atoms with Gasteiger partial charge in [0.15, 0.2) is 5.76 Å². The van der Waals surface area contributed by atoms with Crippen LogP contribution in [0.15, 0.2) is 46.8 Å². The number of hydrogen-bond donors (Lipinski definition) is 1. The molecule has 0 radical (unpaired) electrons. The summed E-state index contributed by atoms with van der Waals surface area (Å²) in [5, 5.41) is 9.82. The van der Waals surface area contributed by atoms with E-state index < -0.39 is 6.29 Å². The van der Waals surface area contributed by atoms with Crippen LogP contribution >= 0.6 is 0 Å². The number of carbonyl (C=O) groups is 1. The number of nitrogens with zero attached hydrogens (tertiary/aromatic N) is 1. The molecule has 3 atom stereocenters. The third kappa shape index (κ3) is 6.42. The Morgan fingerprint density at radius 2 is 1.89 bits per heavy atom. The van der Waals surface area contributed by atoms with Crippen molar-refractivity contribution in [1.82, 2.24) is 4.90 Å². The molecule has 9 heteroatoms. The number of fused-ring (bicyclic) bond motifs is 1. The van der Waals surface area contributed by atoms with Crippen molar-refractivity contribution in [2.75, 3.05) is 65.9 Å². The largest absolute Gasteiger partial charge is 0.464 e. The summed E-state index contributed by atoms with van der Waals surface area (Å²) in [5.41, 5.74) is 1.80. The summed E-state index contributed by atoms with van der Waals surface area (Å²) in [6, 6.07) is 7.89. The van der Waals surface area contributed by atoms with Crippen LogP contribution in [-0.2, 0) is 28.5 Å². The fraction of sp³-hybridized carbons (Fsp3) is 0.577. The number of aliphatic hydroxyl groups excluding tert-OH is 1. The SMILES string of the molecule is CCO[C@H]1OC(C(=O)N2CCOCC2)=C[C@@H](c2coc3ccccc23)[C@H]1CCOCCOCCO. The Labute approximate surface area is 205 Å². The molecule has 1 aromatic heterocycles. The summed E-state index contributed by atoms with van der Waals surface area (Å²) >= 11 is 0. The van der Waals surface area contributed by atoms with E-state index in [4.69, 9.17) is 33.2 Å². The molecular weight excluding hydrogens is 454 g/mol. The minimum absolute atomic E-state index is 0.00632. The van der Waals surface area contributed by atoms with Crippen molar-refractivity contribution in [3.05, 3.63) is 47.9 Å². The molecule has 2 aliphatic rings. The van der Waals surface area contributed by atoms with Gasteiger partial charge < -0.3 is 38.1 Å². The molecule has 1 saturated heterocycles. The Hall–Kier alpha value is -2.43. The number of para-hydroxylation sites is 1. The second-order valence-electron chi connectivity index (χ2n) is 8.49. The second-order valence-corrected chi connectivity index (χ2v) is 8.49. The van der Waals surface area contributed by atoms with E-state index in [1.165, 1.54) is 0 Å². The van der Waals surface area contributed by atoms with E-state index in [1.54, 1.807) is 11.2 Å². The van der Waals surface area contributed by atoms with Crippen molar-refractivity contribution in [1.29, 1.82) is 0 Å². The van der Waals surface area contributed by atoms with Crippen molar-refractivity contribution >= 4 is 16.9 Å². The minimum atomic E-state index is -0.599. The zero-order valence-electron chi connectivity index (χ0n) is 20.2. The number of carbonyl (C=O) groups excluding carboxylic acids is 1. The predicted molar refractivity (Wildman–Crippen MR) is 128 cm³/mol. The van der Waals surface area contributed by atoms with Gasteiger partial charge in [-0.25, -0.2) is 0 Å². The average molecular weight is 490 g/mol. The molecule has 2 aliphatic heterocycles. The Balaban J connectivity index is 1.57. The quantitative estimate of drug-likeness (QED) is 0.455. The van der Waals surface area contributed by atoms with E-state index >= 15 is 0 Å². The molecule has 0 unspecified atom stereocenters. The van der Waals surface area contributed by atoms with Gasteiger partial charge in [-0.2, -0.15) is 0 Å². The molecule has 4 rings (SSSR count). The topological polar surface area (TPSA) is 99.8 Å². The number of amides is 1. The summed E-state index contributed by atoms with van der Waals surface area (Å²) in [6.07, 6.45) is 3.75. The molecule has 1 amide bonds. The molecule has 0 saturated carbocycles. The number of ether oxygens (including phenoxy) is 5. The lowest BCUT2D eigenvalue weighted by molar-refractivity contribution is -0.173. The first-order valence-electron chi connectivity index (χ1n) is 12.3. The minimum Gasteiger partial charge on any atom is -0.464 e. The highest BCUT2D eigenvalue weighted by Crippen LogP contribution is 2.42. The highest BCUT2D eigenvalue weighted by atomic mass is 16.7. The number of rotatable bonds is 12. The van der Waals surface area contributed by atoms with Crippen LogP contribution in [0.4, 0.5) is 0 Å². The first-order valence-corrected chi connectivity index (χ1v) is 12.3. The monoisotopic (exact) mass is 489 g/mol. The molecule has 3 heterocycles. The highest BCUT2D eigenvalue weighted by Gasteiger charge is 2.40. The highest BCUT2D eigenvalue weighted by molar-refractivity contribution is 5.92. The molecule has 192 valence electrons. The fourth-order valence-corrected chi connectivity index (χ4v) is 4.57. The number of hydrogen-bond acceptors (Lipinski definition) is 8. The Morgan fingerprint density at radius 1 is 1.11 bits per heavy atom. The Kier molecular flexibility index (Phi) is 9.56. The van der Waals surface area contributed by atoms with Crippen LogP contribution in [0.2, 0.25) is 0 Å². The van der Waals surface area contributed by atoms with Gasteiger partial charge in [-0.3, -0.25) is 4.79 Å². The number of furan rings is 1. The first kappa shape index (κ1) is 25.7. The van der Waals surface area contributed by atoms with E-state index in [9.17, 15) is 4.79 Å². The molecule has 1 aromatic carbocycles. The predicted octanol–water partition coefficient (Wildman–Crippen LogP) is 2.68. The maximum atomic E-state index is 13.3. The average Bonchev–Trinajstić information content (AvgIpc) is 3.33. The van der Waals surface area contributed by atoms with Gasteiger partial charge in [-0.1, -0.05) is 18.2 Å². The van der Waals surface area contributed by atoms with Crippen LogP contribution < -0.4 is 0 Å². The van der Waals surface area contributed by atoms with Crippen LogP contribution in [0.1, 0.15) is 24.8 Å². The van der Waals surface area contributed by atoms with Crippen LogP contribution in [0.5, 0.6) is 0 Å². The smallest absolute Gasteiger partial charge is 0.288 e. The van der Waals surface area contributed by atoms with Gasteiger partial charge in [0.1, 0.15) is 5.58 Å². The van der Waals surface area contributed by atoms with Crippen molar-refractivity contribution in [3.8, 4) is 0 Å². The van der Waals surface area contributed by atoms with Gasteiger partial charge in [0.25, 0.3) is 5.91 Å². The summed E-state index contributed by atoms with van der Waals surface area (Å²) in [6.45, 7) is 6.10. The van der Waals surface area contributed by atoms with Crippen LogP contribution in [-0.4, -0.2) is 88.1 Å². The molecule has 35 heavy (non-hydrogen) atoms. The standard InChI is InChI=1S/C26H35NO8/c1-2-33-26-20(7-11-30-15-16-32-14-10-28)21(22-18-34-23-6-4-3-5-19(22)23)17-24(35-26)25(29)27-8-12-31-13-9-27/h3-6,17-18,20-21,26,28H,2,7-16H2,1H3/t20-,21-,26+/m1/s1. The summed E-state index contributed by atoms with van der Waals surface area (Å²) in [5.74, 6) is -0.0875. The molecule has 9 nitrogen and oxygen atoms in total. The lowest BCUT2D eigenvalue weighted by Crippen LogP contribution is -2.44. The maximum absolute atomic E-state index is 13.3. The third-order valence-corrected chi connectivity index (χ3v) is 6.30. The molecule has 1 N–H and O–H groups in total. The molecule has 2 aromatic rings. The lowest BCUT2D eigenvalue weighted by Gasteiger charge is -2.38. The number of allylic oxidation sites excluding steroid dienone is 1. The van der Waals surface area contributed by atoms with Gasteiger partial charge in [0.2, 0.25) is 6.29 Å². The molecule has 0 aliphatic carbocycles. The molecular formula is C26H35NO8. The van der Waals surface area contributed by atoms with Crippen molar-refractivity contribution < 1.29 is 38.0 Å².